The molecule has 0 aromatic heterocycles. The van der Waals surface area contributed by atoms with Crippen molar-refractivity contribution in [1.82, 2.24) is 0 Å². The second kappa shape index (κ2) is 10.8. The number of rotatable bonds is 7. The molecule has 0 unspecified atom stereocenters. The van der Waals surface area contributed by atoms with E-state index in [1.807, 2.05) is 30.3 Å². The predicted molar refractivity (Wildman–Crippen MR) is 146 cm³/mol. The van der Waals surface area contributed by atoms with E-state index in [2.05, 4.69) is 62.3 Å². The number of aliphatic imine (C=N–C) groups is 1. The van der Waals surface area contributed by atoms with E-state index in [9.17, 15) is 14.9 Å². The van der Waals surface area contributed by atoms with Crippen molar-refractivity contribution >= 4 is 80.4 Å². The van der Waals surface area contributed by atoms with Crippen molar-refractivity contribution in [2.45, 2.75) is 6.42 Å². The molecule has 0 spiro atoms. The standard InChI is InChI=1S/C24H15ClI2N2O5/c25-18-13-16(29(31)32)6-7-17(18)23-28-21(24(30)34-23)12-15-10-19(26)22(20(27)11-15)33-9-8-14-4-2-1-3-5-14/h1-7,10-13H,8-9H2/b21-12-. The lowest BCUT2D eigenvalue weighted by Crippen LogP contribution is -2.06. The van der Waals surface area contributed by atoms with Crippen LogP contribution in [-0.2, 0) is 16.0 Å². The van der Waals surface area contributed by atoms with Gasteiger partial charge in [-0.05, 0) is 80.6 Å². The summed E-state index contributed by atoms with van der Waals surface area (Å²) in [4.78, 5) is 27.0. The summed E-state index contributed by atoms with van der Waals surface area (Å²) in [5, 5.41) is 11.0. The highest BCUT2D eigenvalue weighted by Crippen LogP contribution is 2.31. The third-order valence-electron chi connectivity index (χ3n) is 4.82. The molecule has 1 aliphatic rings. The lowest BCUT2D eigenvalue weighted by molar-refractivity contribution is -0.384. The van der Waals surface area contributed by atoms with Crippen LogP contribution in [0.15, 0.2) is 71.4 Å². The number of carbonyl (C=O) groups is 1. The first-order chi connectivity index (χ1) is 16.3. The van der Waals surface area contributed by atoms with Crippen LogP contribution in [-0.4, -0.2) is 23.4 Å². The Morgan fingerprint density at radius 1 is 1.09 bits per heavy atom. The van der Waals surface area contributed by atoms with Gasteiger partial charge in [-0.3, -0.25) is 10.1 Å². The van der Waals surface area contributed by atoms with Crippen LogP contribution in [0, 0.1) is 17.3 Å². The first-order valence-corrected chi connectivity index (χ1v) is 12.5. The topological polar surface area (TPSA) is 91.0 Å². The Balaban J connectivity index is 1.52. The highest BCUT2D eigenvalue weighted by molar-refractivity contribution is 14.1. The molecule has 10 heteroatoms. The zero-order chi connectivity index (χ0) is 24.2. The van der Waals surface area contributed by atoms with Gasteiger partial charge in [0.25, 0.3) is 5.69 Å². The molecule has 0 saturated heterocycles. The molecule has 7 nitrogen and oxygen atoms in total. The molecule has 3 aromatic carbocycles. The van der Waals surface area contributed by atoms with Crippen molar-refractivity contribution in [2.24, 2.45) is 4.99 Å². The summed E-state index contributed by atoms with van der Waals surface area (Å²) in [5.41, 5.74) is 2.21. The van der Waals surface area contributed by atoms with Gasteiger partial charge in [0.1, 0.15) is 5.75 Å². The van der Waals surface area contributed by atoms with Gasteiger partial charge in [0.15, 0.2) is 5.70 Å². The Bertz CT molecular complexity index is 1320. The number of non-ortho nitro benzene ring substituents is 1. The smallest absolute Gasteiger partial charge is 0.363 e. The molecule has 4 rings (SSSR count). The number of benzene rings is 3. The fourth-order valence-corrected chi connectivity index (χ4v) is 5.57. The molecule has 172 valence electrons. The van der Waals surface area contributed by atoms with Gasteiger partial charge in [-0.25, -0.2) is 9.79 Å². The summed E-state index contributed by atoms with van der Waals surface area (Å²) in [6, 6.07) is 17.8. The fraction of sp³-hybridized carbons (Fsp3) is 0.0833. The van der Waals surface area contributed by atoms with Crippen molar-refractivity contribution in [3.8, 4) is 5.75 Å². The number of ether oxygens (including phenoxy) is 2. The molecule has 34 heavy (non-hydrogen) atoms. The highest BCUT2D eigenvalue weighted by Gasteiger charge is 2.26. The zero-order valence-corrected chi connectivity index (χ0v) is 22.4. The Hall–Kier alpha value is -2.51. The average Bonchev–Trinajstić information content (AvgIpc) is 3.16. The van der Waals surface area contributed by atoms with Crippen molar-refractivity contribution < 1.29 is 19.2 Å². The van der Waals surface area contributed by atoms with Gasteiger partial charge >= 0.3 is 5.97 Å². The van der Waals surface area contributed by atoms with E-state index in [1.165, 1.54) is 23.8 Å². The zero-order valence-electron chi connectivity index (χ0n) is 17.3. The van der Waals surface area contributed by atoms with Gasteiger partial charge in [0.2, 0.25) is 5.90 Å². The first-order valence-electron chi connectivity index (χ1n) is 9.94. The van der Waals surface area contributed by atoms with E-state index in [1.54, 1.807) is 6.08 Å². The summed E-state index contributed by atoms with van der Waals surface area (Å²) in [6.07, 6.45) is 2.42. The van der Waals surface area contributed by atoms with Gasteiger partial charge in [-0.1, -0.05) is 41.9 Å². The number of carbonyl (C=O) groups excluding carboxylic acids is 1. The number of halogens is 3. The van der Waals surface area contributed by atoms with Crippen LogP contribution in [0.1, 0.15) is 16.7 Å². The molecule has 0 aliphatic carbocycles. The molecule has 0 atom stereocenters. The first kappa shape index (κ1) is 24.6. The number of hydrogen-bond acceptors (Lipinski definition) is 6. The molecule has 1 aliphatic heterocycles. The summed E-state index contributed by atoms with van der Waals surface area (Å²) >= 11 is 10.5. The minimum absolute atomic E-state index is 0.00130. The van der Waals surface area contributed by atoms with Crippen LogP contribution in [0.5, 0.6) is 5.75 Å². The predicted octanol–water partition coefficient (Wildman–Crippen LogP) is 6.42. The molecular formula is C24H15ClI2N2O5. The molecule has 0 bridgehead atoms. The molecule has 0 radical (unpaired) electrons. The Morgan fingerprint density at radius 2 is 1.79 bits per heavy atom. The second-order valence-electron chi connectivity index (χ2n) is 7.16. The van der Waals surface area contributed by atoms with Crippen molar-refractivity contribution in [1.29, 1.82) is 0 Å². The highest BCUT2D eigenvalue weighted by atomic mass is 127. The maximum atomic E-state index is 12.4. The van der Waals surface area contributed by atoms with Gasteiger partial charge in [-0.15, -0.1) is 0 Å². The van der Waals surface area contributed by atoms with Gasteiger partial charge < -0.3 is 9.47 Å². The summed E-state index contributed by atoms with van der Waals surface area (Å²) in [6.45, 7) is 0.548. The molecule has 0 amide bonds. The SMILES string of the molecule is O=C1OC(c2ccc([N+](=O)[O-])cc2Cl)=N/C1=C\c1cc(I)c(OCCc2ccccc2)c(I)c1. The van der Waals surface area contributed by atoms with E-state index in [4.69, 9.17) is 21.1 Å². The van der Waals surface area contributed by atoms with Gasteiger partial charge in [0.05, 0.1) is 29.3 Å². The summed E-state index contributed by atoms with van der Waals surface area (Å²) in [5.74, 6) is 0.161. The van der Waals surface area contributed by atoms with Gasteiger partial charge in [-0.2, -0.15) is 0 Å². The van der Waals surface area contributed by atoms with E-state index in [0.717, 1.165) is 24.9 Å². The van der Waals surface area contributed by atoms with Crippen LogP contribution in [0.3, 0.4) is 0 Å². The maximum absolute atomic E-state index is 12.4. The molecular weight excluding hydrogens is 686 g/mol. The molecule has 0 N–H and O–H groups in total. The quantitative estimate of drug-likeness (QED) is 0.0933. The van der Waals surface area contributed by atoms with Crippen molar-refractivity contribution in [3.63, 3.8) is 0 Å². The maximum Gasteiger partial charge on any atom is 0.363 e. The van der Waals surface area contributed by atoms with E-state index in [0.29, 0.717) is 12.2 Å². The number of nitro benzene ring substituents is 1. The van der Waals surface area contributed by atoms with Crippen LogP contribution in [0.25, 0.3) is 6.08 Å². The number of hydrogen-bond donors (Lipinski definition) is 0. The fourth-order valence-electron chi connectivity index (χ4n) is 3.19. The Labute approximate surface area is 227 Å². The summed E-state index contributed by atoms with van der Waals surface area (Å²) in [7, 11) is 0. The largest absolute Gasteiger partial charge is 0.491 e. The number of esters is 1. The average molecular weight is 701 g/mol. The minimum Gasteiger partial charge on any atom is -0.491 e. The number of cyclic esters (lactones) is 1. The van der Waals surface area contributed by atoms with Crippen LogP contribution in [0.4, 0.5) is 5.69 Å². The Morgan fingerprint density at radius 3 is 2.44 bits per heavy atom. The van der Waals surface area contributed by atoms with Gasteiger partial charge in [0, 0.05) is 18.6 Å². The van der Waals surface area contributed by atoms with E-state index >= 15 is 0 Å². The summed E-state index contributed by atoms with van der Waals surface area (Å²) < 4.78 is 13.1. The van der Waals surface area contributed by atoms with Crippen LogP contribution in [0.2, 0.25) is 5.02 Å². The number of nitro groups is 1. The molecule has 0 fully saturated rings. The van der Waals surface area contributed by atoms with E-state index in [-0.39, 0.29) is 22.3 Å². The van der Waals surface area contributed by atoms with Crippen LogP contribution >= 0.6 is 56.8 Å². The van der Waals surface area contributed by atoms with Crippen molar-refractivity contribution in [3.05, 3.63) is 105 Å². The normalized spacial score (nSPS) is 14.1. The number of nitrogens with zero attached hydrogens (tertiary/aromatic N) is 2. The monoisotopic (exact) mass is 700 g/mol. The van der Waals surface area contributed by atoms with E-state index < -0.39 is 10.9 Å². The second-order valence-corrected chi connectivity index (χ2v) is 9.89. The lowest BCUT2D eigenvalue weighted by atomic mass is 10.1. The molecule has 0 saturated carbocycles. The third kappa shape index (κ3) is 5.76. The Kier molecular flexibility index (Phi) is 7.84. The third-order valence-corrected chi connectivity index (χ3v) is 6.73. The molecule has 3 aromatic rings. The van der Waals surface area contributed by atoms with Crippen molar-refractivity contribution in [2.75, 3.05) is 6.61 Å². The minimum atomic E-state index is -0.627. The molecule has 1 heterocycles. The lowest BCUT2D eigenvalue weighted by Gasteiger charge is -2.11. The van der Waals surface area contributed by atoms with Crippen LogP contribution < -0.4 is 4.74 Å².